The van der Waals surface area contributed by atoms with Crippen molar-refractivity contribution in [1.29, 1.82) is 0 Å². The Labute approximate surface area is 249 Å². The molecule has 4 rings (SSSR count). The molecule has 226 valence electrons. The molecule has 0 spiro atoms. The van der Waals surface area contributed by atoms with Gasteiger partial charge in [0.15, 0.2) is 16.9 Å². The van der Waals surface area contributed by atoms with E-state index in [0.717, 1.165) is 17.7 Å². The number of nitrogens with one attached hydrogen (secondary N) is 1. The van der Waals surface area contributed by atoms with Crippen molar-refractivity contribution in [2.24, 2.45) is 0 Å². The summed E-state index contributed by atoms with van der Waals surface area (Å²) in [6, 6.07) is 8.02. The molecular formula is C28H27N3O11S. The largest absolute Gasteiger partial charge is 0.493 e. The van der Waals surface area contributed by atoms with Gasteiger partial charge in [-0.15, -0.1) is 32.0 Å². The van der Waals surface area contributed by atoms with Crippen LogP contribution in [0.3, 0.4) is 0 Å². The van der Waals surface area contributed by atoms with Gasteiger partial charge in [0, 0.05) is 11.1 Å². The second-order valence-electron chi connectivity index (χ2n) is 9.25. The van der Waals surface area contributed by atoms with Crippen molar-refractivity contribution in [3.05, 3.63) is 89.1 Å². The van der Waals surface area contributed by atoms with E-state index in [-0.39, 0.29) is 16.6 Å². The van der Waals surface area contributed by atoms with Crippen molar-refractivity contribution in [2.75, 3.05) is 27.6 Å². The lowest BCUT2D eigenvalue weighted by Crippen LogP contribution is -2.30. The summed E-state index contributed by atoms with van der Waals surface area (Å²) < 4.78 is 16.9. The number of thioether (sulfide) groups is 1. The van der Waals surface area contributed by atoms with E-state index < -0.39 is 33.6 Å². The summed E-state index contributed by atoms with van der Waals surface area (Å²) in [6.07, 6.45) is 2.51. The Hall–Kier alpha value is -5.05. The molecular weight excluding hydrogens is 586 g/mol. The lowest BCUT2D eigenvalue weighted by atomic mass is 9.95. The number of nitrogens with zero attached hydrogens (tertiary/aromatic N) is 2. The van der Waals surface area contributed by atoms with Gasteiger partial charge >= 0.3 is 0 Å². The smallest absolute Gasteiger partial charge is 0.299 e. The van der Waals surface area contributed by atoms with Crippen LogP contribution in [0, 0.1) is 27.2 Å². The van der Waals surface area contributed by atoms with Crippen LogP contribution in [-0.2, 0) is 6.42 Å². The highest BCUT2D eigenvalue weighted by molar-refractivity contribution is 7.98. The van der Waals surface area contributed by atoms with E-state index in [2.05, 4.69) is 15.0 Å². The normalized spacial score (nSPS) is 13.5. The van der Waals surface area contributed by atoms with Gasteiger partial charge in [0.25, 0.3) is 16.1 Å². The Morgan fingerprint density at radius 2 is 1.65 bits per heavy atom. The summed E-state index contributed by atoms with van der Waals surface area (Å²) >= 11 is 1.27. The third kappa shape index (κ3) is 6.25. The molecule has 0 unspecified atom stereocenters. The number of ether oxygens (including phenoxy) is 3. The van der Waals surface area contributed by atoms with Crippen LogP contribution in [0.4, 0.5) is 0 Å². The lowest BCUT2D eigenvalue weighted by Gasteiger charge is -2.20. The first kappa shape index (κ1) is 30.9. The average molecular weight is 614 g/mol. The van der Waals surface area contributed by atoms with Gasteiger partial charge < -0.3 is 19.5 Å². The van der Waals surface area contributed by atoms with Gasteiger partial charge in [0.05, 0.1) is 32.3 Å². The molecule has 0 saturated carbocycles. The Bertz CT molecular complexity index is 1680. The molecule has 43 heavy (non-hydrogen) atoms. The first-order valence-electron chi connectivity index (χ1n) is 12.7. The standard InChI is InChI=1S/C28H27N3O11S/c1-14-18(11-16(41-30(34)35)12-22(14)42-31(36)37)28(33)29-20-8-6-15-10-23(38-2)26(39-3)27(40-4)25(15)17-7-9-24(43-5)21(32)13-19(17)20/h7,9-13,20H,6,8H2,1-5H3,(H,29,33)/t20-/m0/s1. The van der Waals surface area contributed by atoms with Crippen molar-refractivity contribution in [3.8, 4) is 39.9 Å². The van der Waals surface area contributed by atoms with Crippen LogP contribution in [0.5, 0.6) is 28.7 Å². The highest BCUT2D eigenvalue weighted by atomic mass is 32.2. The van der Waals surface area contributed by atoms with Crippen molar-refractivity contribution < 1.29 is 38.9 Å². The fourth-order valence-electron chi connectivity index (χ4n) is 5.06. The monoisotopic (exact) mass is 613 g/mol. The van der Waals surface area contributed by atoms with E-state index in [0.29, 0.717) is 51.7 Å². The number of hydrogen-bond acceptors (Lipinski definition) is 12. The molecule has 1 aliphatic carbocycles. The topological polar surface area (TPSA) is 179 Å². The predicted molar refractivity (Wildman–Crippen MR) is 155 cm³/mol. The molecule has 0 heterocycles. The van der Waals surface area contributed by atoms with Crippen LogP contribution in [0.15, 0.2) is 46.1 Å². The highest BCUT2D eigenvalue weighted by Gasteiger charge is 2.30. The van der Waals surface area contributed by atoms with Gasteiger partial charge in [-0.3, -0.25) is 19.3 Å². The maximum Gasteiger partial charge on any atom is 0.299 e. The van der Waals surface area contributed by atoms with Crippen LogP contribution in [0.2, 0.25) is 0 Å². The SMILES string of the molecule is COc1cc2c(c(OC)c1OC)-c1ccc(SC)c(=O)cc1[C@@H](NC(=O)c1cc(O[N+](=O)[O-])cc(O[N+](=O)[O-])c1C)CC2. The van der Waals surface area contributed by atoms with Crippen LogP contribution < -0.4 is 34.6 Å². The number of rotatable bonds is 10. The van der Waals surface area contributed by atoms with Crippen molar-refractivity contribution >= 4 is 17.7 Å². The Morgan fingerprint density at radius 1 is 0.953 bits per heavy atom. The number of carbonyl (C=O) groups is 1. The zero-order valence-corrected chi connectivity index (χ0v) is 24.6. The molecule has 0 radical (unpaired) electrons. The molecule has 1 N–H and O–H groups in total. The first-order valence-corrected chi connectivity index (χ1v) is 13.9. The lowest BCUT2D eigenvalue weighted by molar-refractivity contribution is -0.713. The second-order valence-corrected chi connectivity index (χ2v) is 10.1. The summed E-state index contributed by atoms with van der Waals surface area (Å²) in [5.74, 6) is -0.414. The van der Waals surface area contributed by atoms with Crippen molar-refractivity contribution in [2.45, 2.75) is 30.7 Å². The molecule has 1 amide bonds. The van der Waals surface area contributed by atoms with E-state index in [1.807, 2.05) is 6.07 Å². The summed E-state index contributed by atoms with van der Waals surface area (Å²) in [5.41, 5.74) is 2.19. The minimum atomic E-state index is -1.11. The predicted octanol–water partition coefficient (Wildman–Crippen LogP) is 4.33. The van der Waals surface area contributed by atoms with Crippen LogP contribution in [0.1, 0.15) is 39.5 Å². The third-order valence-corrected chi connectivity index (χ3v) is 7.73. The Kier molecular flexibility index (Phi) is 9.24. The van der Waals surface area contributed by atoms with Crippen LogP contribution >= 0.6 is 11.8 Å². The molecule has 0 bridgehead atoms. The molecule has 0 fully saturated rings. The second kappa shape index (κ2) is 12.9. The molecule has 3 aromatic rings. The fourth-order valence-corrected chi connectivity index (χ4v) is 5.53. The Morgan fingerprint density at radius 3 is 2.26 bits per heavy atom. The molecule has 3 aromatic carbocycles. The number of carbonyl (C=O) groups excluding carboxylic acids is 1. The molecule has 1 aliphatic rings. The van der Waals surface area contributed by atoms with Crippen molar-refractivity contribution in [1.82, 2.24) is 5.32 Å². The van der Waals surface area contributed by atoms with Gasteiger partial charge in [-0.2, -0.15) is 0 Å². The molecule has 1 atom stereocenters. The van der Waals surface area contributed by atoms with E-state index in [1.54, 1.807) is 18.4 Å². The fraction of sp³-hybridized carbons (Fsp3) is 0.286. The Balaban J connectivity index is 1.90. The minimum absolute atomic E-state index is 0.0472. The number of fused-ring (bicyclic) bond motifs is 3. The third-order valence-electron chi connectivity index (χ3n) is 6.96. The minimum Gasteiger partial charge on any atom is -0.493 e. The summed E-state index contributed by atoms with van der Waals surface area (Å²) in [7, 11) is 4.47. The van der Waals surface area contributed by atoms with Gasteiger partial charge in [0.2, 0.25) is 5.75 Å². The van der Waals surface area contributed by atoms with Gasteiger partial charge in [-0.1, -0.05) is 6.07 Å². The van der Waals surface area contributed by atoms with E-state index in [1.165, 1.54) is 46.1 Å². The number of methoxy groups -OCH3 is 3. The maximum absolute atomic E-state index is 13.7. The number of amides is 1. The summed E-state index contributed by atoms with van der Waals surface area (Å²) in [5, 5.41) is 22.7. The molecule has 14 nitrogen and oxygen atoms in total. The first-order chi connectivity index (χ1) is 20.5. The molecule has 0 aliphatic heterocycles. The summed E-state index contributed by atoms with van der Waals surface area (Å²) in [4.78, 5) is 58.4. The number of benzene rings is 2. The highest BCUT2D eigenvalue weighted by Crippen LogP contribution is 2.50. The van der Waals surface area contributed by atoms with Crippen LogP contribution in [-0.4, -0.2) is 43.7 Å². The number of aryl methyl sites for hydroxylation is 1. The zero-order valence-electron chi connectivity index (χ0n) is 23.7. The van der Waals surface area contributed by atoms with Crippen LogP contribution in [0.25, 0.3) is 11.1 Å². The average Bonchev–Trinajstić information content (AvgIpc) is 3.21. The van der Waals surface area contributed by atoms with E-state index >= 15 is 0 Å². The quantitative estimate of drug-likeness (QED) is 0.195. The van der Waals surface area contributed by atoms with E-state index in [4.69, 9.17) is 14.2 Å². The molecule has 0 aromatic heterocycles. The van der Waals surface area contributed by atoms with Crippen molar-refractivity contribution in [3.63, 3.8) is 0 Å². The number of hydrogen-bond donors (Lipinski definition) is 1. The summed E-state index contributed by atoms with van der Waals surface area (Å²) in [6.45, 7) is 1.39. The molecule has 0 saturated heterocycles. The van der Waals surface area contributed by atoms with Gasteiger partial charge in [-0.05, 0) is 78.6 Å². The maximum atomic E-state index is 13.7. The van der Waals surface area contributed by atoms with Gasteiger partial charge in [-0.25, -0.2) is 0 Å². The van der Waals surface area contributed by atoms with Gasteiger partial charge in [0.1, 0.15) is 11.5 Å². The zero-order chi connectivity index (χ0) is 31.4. The molecule has 15 heteroatoms. The van der Waals surface area contributed by atoms with E-state index in [9.17, 15) is 29.8 Å².